The van der Waals surface area contributed by atoms with Crippen LogP contribution >= 0.6 is 0 Å². The highest BCUT2D eigenvalue weighted by atomic mass is 16.6. The van der Waals surface area contributed by atoms with Crippen LogP contribution in [0.2, 0.25) is 0 Å². The molecule has 230 valence electrons. The second-order valence-corrected chi connectivity index (χ2v) is 11.9. The lowest BCUT2D eigenvalue weighted by molar-refractivity contribution is -0.141. The number of nitrogens with one attached hydrogen (secondary N) is 2. The topological polar surface area (TPSA) is 108 Å². The predicted molar refractivity (Wildman–Crippen MR) is 170 cm³/mol. The highest BCUT2D eigenvalue weighted by molar-refractivity contribution is 6.00. The van der Waals surface area contributed by atoms with E-state index in [0.717, 1.165) is 23.1 Å². The van der Waals surface area contributed by atoms with E-state index in [9.17, 15) is 19.5 Å². The third kappa shape index (κ3) is 9.08. The van der Waals surface area contributed by atoms with Crippen molar-refractivity contribution in [1.82, 2.24) is 10.2 Å². The van der Waals surface area contributed by atoms with Crippen molar-refractivity contribution < 1.29 is 24.2 Å². The number of nitrogens with zero attached hydrogens (tertiary/aromatic N) is 1. The van der Waals surface area contributed by atoms with Gasteiger partial charge in [-0.1, -0.05) is 80.1 Å². The molecule has 3 N–H and O–H groups in total. The average Bonchev–Trinajstić information content (AvgIpc) is 2.94. The highest BCUT2D eigenvalue weighted by Gasteiger charge is 2.38. The van der Waals surface area contributed by atoms with Crippen molar-refractivity contribution in [2.45, 2.75) is 85.4 Å². The first-order valence-electron chi connectivity index (χ1n) is 14.8. The minimum absolute atomic E-state index is 0.0573. The van der Waals surface area contributed by atoms with E-state index in [4.69, 9.17) is 4.74 Å². The van der Waals surface area contributed by atoms with E-state index >= 15 is 0 Å². The lowest BCUT2D eigenvalue weighted by Gasteiger charge is -2.35. The molecule has 3 aromatic rings. The normalized spacial score (nSPS) is 12.6. The quantitative estimate of drug-likeness (QED) is 0.230. The smallest absolute Gasteiger partial charge is 0.408 e. The van der Waals surface area contributed by atoms with Gasteiger partial charge in [0, 0.05) is 24.2 Å². The fourth-order valence-corrected chi connectivity index (χ4v) is 4.95. The van der Waals surface area contributed by atoms with Gasteiger partial charge in [0.1, 0.15) is 23.4 Å². The number of anilines is 1. The number of rotatable bonds is 11. The summed E-state index contributed by atoms with van der Waals surface area (Å²) in [5.74, 6) is -0.970. The van der Waals surface area contributed by atoms with Crippen LogP contribution in [0.5, 0.6) is 5.75 Å². The molecule has 3 amide bonds. The molecule has 0 aliphatic carbocycles. The maximum absolute atomic E-state index is 14.6. The third-order valence-corrected chi connectivity index (χ3v) is 7.16. The Kier molecular flexibility index (Phi) is 11.4. The highest BCUT2D eigenvalue weighted by Crippen LogP contribution is 2.34. The Morgan fingerprint density at radius 2 is 1.49 bits per heavy atom. The largest absolute Gasteiger partial charge is 0.507 e. The van der Waals surface area contributed by atoms with Crippen LogP contribution < -0.4 is 10.6 Å². The second-order valence-electron chi connectivity index (χ2n) is 11.9. The summed E-state index contributed by atoms with van der Waals surface area (Å²) in [6.07, 6.45) is 0.826. The number of ether oxygens (including phenoxy) is 1. The molecule has 0 saturated heterocycles. The van der Waals surface area contributed by atoms with Crippen LogP contribution in [0.3, 0.4) is 0 Å². The predicted octanol–water partition coefficient (Wildman–Crippen LogP) is 6.76. The van der Waals surface area contributed by atoms with Crippen LogP contribution in [-0.4, -0.2) is 46.1 Å². The molecule has 0 aliphatic rings. The van der Waals surface area contributed by atoms with Crippen molar-refractivity contribution in [3.63, 3.8) is 0 Å². The molecule has 2 unspecified atom stereocenters. The Morgan fingerprint density at radius 3 is 2.09 bits per heavy atom. The lowest BCUT2D eigenvalue weighted by atomic mass is 9.97. The summed E-state index contributed by atoms with van der Waals surface area (Å²) in [6, 6.07) is 18.1. The van der Waals surface area contributed by atoms with E-state index in [2.05, 4.69) is 10.6 Å². The summed E-state index contributed by atoms with van der Waals surface area (Å²) < 4.78 is 5.51. The summed E-state index contributed by atoms with van der Waals surface area (Å²) >= 11 is 0. The summed E-state index contributed by atoms with van der Waals surface area (Å²) in [6.45, 7) is 13.0. The van der Waals surface area contributed by atoms with Gasteiger partial charge in [0.15, 0.2) is 0 Å². The summed E-state index contributed by atoms with van der Waals surface area (Å²) in [5.41, 5.74) is 3.36. The number of hydrogen-bond acceptors (Lipinski definition) is 5. The molecule has 8 nitrogen and oxygen atoms in total. The Morgan fingerprint density at radius 1 is 0.884 bits per heavy atom. The zero-order valence-corrected chi connectivity index (χ0v) is 26.4. The molecule has 43 heavy (non-hydrogen) atoms. The first-order valence-corrected chi connectivity index (χ1v) is 14.8. The number of unbranched alkanes of at least 4 members (excludes halogenated alkanes) is 1. The Balaban J connectivity index is 2.13. The SMILES string of the molecule is CCCCN(C(=O)C(Cc1ccccc1)NC(=O)OC(C)(C)C)C(C(=O)Nc1c(C)cccc1C)c1cccc(C)c1O. The van der Waals surface area contributed by atoms with Crippen molar-refractivity contribution >= 4 is 23.6 Å². The molecule has 0 bridgehead atoms. The maximum Gasteiger partial charge on any atom is 0.408 e. The Bertz CT molecular complexity index is 1390. The minimum Gasteiger partial charge on any atom is -0.507 e. The van der Waals surface area contributed by atoms with Gasteiger partial charge in [-0.3, -0.25) is 9.59 Å². The molecule has 0 spiro atoms. The zero-order valence-electron chi connectivity index (χ0n) is 26.4. The molecular formula is C35H45N3O5. The molecule has 8 heteroatoms. The molecule has 0 radical (unpaired) electrons. The molecule has 0 fully saturated rings. The van der Waals surface area contributed by atoms with Crippen LogP contribution in [0.25, 0.3) is 0 Å². The van der Waals surface area contributed by atoms with Crippen LogP contribution in [0.1, 0.15) is 74.4 Å². The summed E-state index contributed by atoms with van der Waals surface area (Å²) in [7, 11) is 0. The van der Waals surface area contributed by atoms with E-state index < -0.39 is 35.6 Å². The summed E-state index contributed by atoms with van der Waals surface area (Å²) in [5, 5.41) is 17.0. The molecule has 0 saturated carbocycles. The van der Waals surface area contributed by atoms with Crippen molar-refractivity contribution in [2.75, 3.05) is 11.9 Å². The third-order valence-electron chi connectivity index (χ3n) is 7.16. The average molecular weight is 588 g/mol. The van der Waals surface area contributed by atoms with Gasteiger partial charge in [0.2, 0.25) is 5.91 Å². The molecule has 0 aromatic heterocycles. The molecule has 3 rings (SSSR count). The minimum atomic E-state index is -1.17. The fraction of sp³-hybridized carbons (Fsp3) is 0.400. The number of amides is 3. The van der Waals surface area contributed by atoms with Gasteiger partial charge in [-0.15, -0.1) is 0 Å². The number of carbonyl (C=O) groups is 3. The fourth-order valence-electron chi connectivity index (χ4n) is 4.95. The number of aryl methyl sites for hydroxylation is 3. The first kappa shape index (κ1) is 33.2. The van der Waals surface area contributed by atoms with E-state index in [0.29, 0.717) is 23.2 Å². The molecule has 3 aromatic carbocycles. The van der Waals surface area contributed by atoms with Gasteiger partial charge < -0.3 is 25.4 Å². The monoisotopic (exact) mass is 587 g/mol. The van der Waals surface area contributed by atoms with Gasteiger partial charge in [0.25, 0.3) is 5.91 Å². The second kappa shape index (κ2) is 14.7. The van der Waals surface area contributed by atoms with E-state index in [1.54, 1.807) is 45.9 Å². The number of phenols is 1. The number of para-hydroxylation sites is 2. The van der Waals surface area contributed by atoms with Crippen molar-refractivity contribution in [1.29, 1.82) is 0 Å². The standard InChI is InChI=1S/C35H45N3O5/c1-8-9-21-38(33(41)28(22-26-18-11-10-12-19-26)36-34(42)43-35(5,6)7)30(27-20-14-17-25(4)31(27)39)32(40)37-29-23(2)15-13-16-24(29)3/h10-20,28,30,39H,8-9,21-22H2,1-7H3,(H,36,42)(H,37,40). The van der Waals surface area contributed by atoms with Gasteiger partial charge in [0.05, 0.1) is 0 Å². The van der Waals surface area contributed by atoms with Crippen molar-refractivity contribution in [3.05, 3.63) is 94.5 Å². The Hall–Kier alpha value is -4.33. The molecule has 0 heterocycles. The van der Waals surface area contributed by atoms with E-state index in [1.807, 2.05) is 69.3 Å². The van der Waals surface area contributed by atoms with E-state index in [1.165, 1.54) is 4.90 Å². The Labute approximate surface area is 255 Å². The molecule has 2 atom stereocenters. The van der Waals surface area contributed by atoms with Crippen LogP contribution in [0, 0.1) is 20.8 Å². The van der Waals surface area contributed by atoms with Crippen molar-refractivity contribution in [2.24, 2.45) is 0 Å². The van der Waals surface area contributed by atoms with Crippen LogP contribution in [-0.2, 0) is 20.7 Å². The number of alkyl carbamates (subject to hydrolysis) is 1. The zero-order chi connectivity index (χ0) is 31.7. The van der Waals surface area contributed by atoms with Crippen LogP contribution in [0.15, 0.2) is 66.7 Å². The van der Waals surface area contributed by atoms with Gasteiger partial charge in [-0.25, -0.2) is 4.79 Å². The molecular weight excluding hydrogens is 542 g/mol. The van der Waals surface area contributed by atoms with E-state index in [-0.39, 0.29) is 18.7 Å². The number of aromatic hydroxyl groups is 1. The first-order chi connectivity index (χ1) is 20.3. The summed E-state index contributed by atoms with van der Waals surface area (Å²) in [4.78, 5) is 43.2. The maximum atomic E-state index is 14.6. The number of hydrogen-bond donors (Lipinski definition) is 3. The number of benzene rings is 3. The molecule has 0 aliphatic heterocycles. The number of carbonyl (C=O) groups excluding carboxylic acids is 3. The van der Waals surface area contributed by atoms with Crippen LogP contribution in [0.4, 0.5) is 10.5 Å². The lowest BCUT2D eigenvalue weighted by Crippen LogP contribution is -2.53. The van der Waals surface area contributed by atoms with Gasteiger partial charge in [-0.2, -0.15) is 0 Å². The van der Waals surface area contributed by atoms with Crippen molar-refractivity contribution in [3.8, 4) is 5.75 Å². The number of phenolic OH excluding ortho intramolecular Hbond substituents is 1. The van der Waals surface area contributed by atoms with Gasteiger partial charge >= 0.3 is 6.09 Å². The van der Waals surface area contributed by atoms with Gasteiger partial charge in [-0.05, 0) is 70.2 Å².